The third-order valence-electron chi connectivity index (χ3n) is 6.96. The van der Waals surface area contributed by atoms with E-state index in [1.54, 1.807) is 37.3 Å². The van der Waals surface area contributed by atoms with Gasteiger partial charge in [0.05, 0.1) is 38.6 Å². The SMILES string of the molecule is C=C(C)N=C(/C(=C\N)C(=C)N=C(/C(=C\N)C(=C)N=C(/C(C)=C\N)c1ccc(C)c(C)c1)c1ccc(Cl)c(Cl)c1)c1cccc(Cl)c1. The zero-order chi connectivity index (χ0) is 34.1. The molecule has 0 radical (unpaired) electrons. The van der Waals surface area contributed by atoms with E-state index in [2.05, 4.69) is 24.7 Å². The Labute approximate surface area is 286 Å². The number of nitrogens with two attached hydrogens (primary N) is 3. The molecule has 0 amide bonds. The van der Waals surface area contributed by atoms with Gasteiger partial charge in [-0.15, -0.1) is 0 Å². The van der Waals surface area contributed by atoms with E-state index in [1.807, 2.05) is 51.1 Å². The van der Waals surface area contributed by atoms with Gasteiger partial charge in [0.1, 0.15) is 0 Å². The molecule has 236 valence electrons. The van der Waals surface area contributed by atoms with Crippen molar-refractivity contribution in [2.24, 2.45) is 32.2 Å². The maximum atomic E-state index is 6.46. The van der Waals surface area contributed by atoms with Crippen molar-refractivity contribution in [1.82, 2.24) is 0 Å². The summed E-state index contributed by atoms with van der Waals surface area (Å²) >= 11 is 19.1. The van der Waals surface area contributed by atoms with Gasteiger partial charge < -0.3 is 17.2 Å². The standard InChI is InChI=1S/C37H37Cl3N6/c1-21(2)44-36(27-9-8-10-30(38)16-27)31(19-42)26(7)46-37(29-13-14-33(39)34(40)17-29)32(20-43)25(6)45-35(24(5)18-41)28-12-11-22(3)23(4)15-28/h8-20H,1,6-7,41-43H2,2-5H3/b24-18-,31-19-,32-20-,44-36?,45-35?,46-37?. The van der Waals surface area contributed by atoms with Gasteiger partial charge in [0.15, 0.2) is 0 Å². The predicted molar refractivity (Wildman–Crippen MR) is 199 cm³/mol. The van der Waals surface area contributed by atoms with Gasteiger partial charge in [0, 0.05) is 51.0 Å². The molecule has 0 aliphatic rings. The van der Waals surface area contributed by atoms with Crippen molar-refractivity contribution in [3.8, 4) is 0 Å². The average molecular weight is 672 g/mol. The van der Waals surface area contributed by atoms with Gasteiger partial charge in [-0.1, -0.05) is 84.9 Å². The van der Waals surface area contributed by atoms with Crippen LogP contribution in [0.25, 0.3) is 0 Å². The van der Waals surface area contributed by atoms with Crippen LogP contribution in [0.15, 0.2) is 148 Å². The molecule has 0 saturated heterocycles. The van der Waals surface area contributed by atoms with Crippen LogP contribution in [0.2, 0.25) is 15.1 Å². The Morgan fingerprint density at radius 3 is 1.67 bits per heavy atom. The van der Waals surface area contributed by atoms with E-state index in [1.165, 1.54) is 18.6 Å². The van der Waals surface area contributed by atoms with E-state index < -0.39 is 0 Å². The minimum atomic E-state index is 0.270. The summed E-state index contributed by atoms with van der Waals surface area (Å²) < 4.78 is 0. The number of allylic oxidation sites excluding steroid dienone is 4. The smallest absolute Gasteiger partial charge is 0.0818 e. The molecule has 6 nitrogen and oxygen atoms in total. The molecule has 0 atom stereocenters. The largest absolute Gasteiger partial charge is 0.404 e. The molecule has 0 bridgehead atoms. The van der Waals surface area contributed by atoms with Crippen LogP contribution < -0.4 is 17.2 Å². The molecule has 3 aromatic carbocycles. The van der Waals surface area contributed by atoms with Crippen LogP contribution in [0.1, 0.15) is 41.7 Å². The second kappa shape index (κ2) is 16.1. The van der Waals surface area contributed by atoms with E-state index in [-0.39, 0.29) is 5.70 Å². The molecular weight excluding hydrogens is 635 g/mol. The maximum Gasteiger partial charge on any atom is 0.0818 e. The number of aliphatic imine (C=N–C) groups is 3. The maximum absolute atomic E-state index is 6.46. The second-order valence-electron chi connectivity index (χ2n) is 10.5. The summed E-state index contributed by atoms with van der Waals surface area (Å²) in [7, 11) is 0. The van der Waals surface area contributed by atoms with Gasteiger partial charge in [-0.05, 0) is 80.9 Å². The third-order valence-corrected chi connectivity index (χ3v) is 7.93. The Balaban J connectivity index is 2.26. The lowest BCUT2D eigenvalue weighted by atomic mass is 9.97. The lowest BCUT2D eigenvalue weighted by molar-refractivity contribution is 1.27. The number of benzene rings is 3. The molecule has 3 aromatic rings. The highest BCUT2D eigenvalue weighted by Crippen LogP contribution is 2.29. The van der Waals surface area contributed by atoms with Crippen LogP contribution in [0, 0.1) is 13.8 Å². The summed E-state index contributed by atoms with van der Waals surface area (Å²) in [5.41, 5.74) is 27.0. The molecule has 3 rings (SSSR count). The molecule has 9 heteroatoms. The molecule has 0 spiro atoms. The van der Waals surface area contributed by atoms with Gasteiger partial charge in [-0.25, -0.2) is 9.98 Å². The Hall–Kier alpha value is -4.62. The van der Waals surface area contributed by atoms with E-state index in [0.717, 1.165) is 22.3 Å². The van der Waals surface area contributed by atoms with Crippen molar-refractivity contribution in [2.45, 2.75) is 27.7 Å². The van der Waals surface area contributed by atoms with Crippen molar-refractivity contribution in [3.63, 3.8) is 0 Å². The normalized spacial score (nSPS) is 13.5. The first kappa shape index (κ1) is 35.9. The van der Waals surface area contributed by atoms with Crippen LogP contribution in [-0.4, -0.2) is 17.1 Å². The highest BCUT2D eigenvalue weighted by molar-refractivity contribution is 6.42. The first-order valence-electron chi connectivity index (χ1n) is 14.1. The number of nitrogens with zero attached hydrogens (tertiary/aromatic N) is 3. The van der Waals surface area contributed by atoms with Gasteiger partial charge in [-0.3, -0.25) is 4.99 Å². The Kier molecular flexibility index (Phi) is 12.5. The number of hydrogen-bond acceptors (Lipinski definition) is 6. The molecule has 46 heavy (non-hydrogen) atoms. The first-order chi connectivity index (χ1) is 21.8. The van der Waals surface area contributed by atoms with Crippen LogP contribution >= 0.6 is 34.8 Å². The van der Waals surface area contributed by atoms with Crippen molar-refractivity contribution in [3.05, 3.63) is 176 Å². The highest BCUT2D eigenvalue weighted by atomic mass is 35.5. The van der Waals surface area contributed by atoms with Gasteiger partial charge in [0.2, 0.25) is 0 Å². The van der Waals surface area contributed by atoms with Crippen molar-refractivity contribution >= 4 is 51.9 Å². The molecule has 0 aromatic heterocycles. The molecule has 0 aliphatic carbocycles. The van der Waals surface area contributed by atoms with Gasteiger partial charge >= 0.3 is 0 Å². The summed E-state index contributed by atoms with van der Waals surface area (Å²) in [6.07, 6.45) is 4.26. The number of hydrogen-bond donors (Lipinski definition) is 3. The minimum absolute atomic E-state index is 0.270. The Bertz CT molecular complexity index is 1890. The van der Waals surface area contributed by atoms with E-state index in [9.17, 15) is 0 Å². The average Bonchev–Trinajstić information content (AvgIpc) is 3.01. The topological polar surface area (TPSA) is 115 Å². The zero-order valence-electron chi connectivity index (χ0n) is 26.3. The van der Waals surface area contributed by atoms with Crippen molar-refractivity contribution < 1.29 is 0 Å². The van der Waals surface area contributed by atoms with Gasteiger partial charge in [-0.2, -0.15) is 0 Å². The molecule has 6 N–H and O–H groups in total. The predicted octanol–water partition coefficient (Wildman–Crippen LogP) is 9.14. The monoisotopic (exact) mass is 670 g/mol. The highest BCUT2D eigenvalue weighted by Gasteiger charge is 2.20. The summed E-state index contributed by atoms with van der Waals surface area (Å²) in [6, 6.07) is 18.4. The molecular formula is C37H37Cl3N6. The fraction of sp³-hybridized carbons (Fsp3) is 0.108. The lowest BCUT2D eigenvalue weighted by Gasteiger charge is -2.17. The summed E-state index contributed by atoms with van der Waals surface area (Å²) in [5, 5.41) is 1.22. The molecule has 0 fully saturated rings. The summed E-state index contributed by atoms with van der Waals surface area (Å²) in [5.74, 6) is 0. The van der Waals surface area contributed by atoms with E-state index in [0.29, 0.717) is 65.9 Å². The van der Waals surface area contributed by atoms with Crippen LogP contribution in [0.5, 0.6) is 0 Å². The lowest BCUT2D eigenvalue weighted by Crippen LogP contribution is -2.14. The fourth-order valence-corrected chi connectivity index (χ4v) is 4.88. The quantitative estimate of drug-likeness (QED) is 0.139. The molecule has 0 unspecified atom stereocenters. The first-order valence-corrected chi connectivity index (χ1v) is 15.3. The Morgan fingerprint density at radius 2 is 1.15 bits per heavy atom. The van der Waals surface area contributed by atoms with Crippen LogP contribution in [-0.2, 0) is 0 Å². The number of rotatable bonds is 11. The van der Waals surface area contributed by atoms with Gasteiger partial charge in [0.25, 0.3) is 0 Å². The van der Waals surface area contributed by atoms with Crippen molar-refractivity contribution in [2.75, 3.05) is 0 Å². The van der Waals surface area contributed by atoms with E-state index >= 15 is 0 Å². The molecule has 0 saturated carbocycles. The van der Waals surface area contributed by atoms with Crippen molar-refractivity contribution in [1.29, 1.82) is 0 Å². The minimum Gasteiger partial charge on any atom is -0.404 e. The number of aryl methyl sites for hydroxylation is 2. The van der Waals surface area contributed by atoms with Crippen LogP contribution in [0.3, 0.4) is 0 Å². The second-order valence-corrected chi connectivity index (χ2v) is 11.7. The zero-order valence-corrected chi connectivity index (χ0v) is 28.6. The molecule has 0 heterocycles. The Morgan fingerprint density at radius 1 is 0.609 bits per heavy atom. The van der Waals surface area contributed by atoms with Crippen LogP contribution in [0.4, 0.5) is 0 Å². The number of halogens is 3. The molecule has 0 aliphatic heterocycles. The fourth-order valence-electron chi connectivity index (χ4n) is 4.39. The summed E-state index contributed by atoms with van der Waals surface area (Å²) in [6.45, 7) is 20.2. The van der Waals surface area contributed by atoms with E-state index in [4.69, 9.17) is 62.0 Å². The summed E-state index contributed by atoms with van der Waals surface area (Å²) in [4.78, 5) is 14.5. The third kappa shape index (κ3) is 8.76.